The van der Waals surface area contributed by atoms with E-state index in [2.05, 4.69) is 15.9 Å². The Hall–Kier alpha value is -0.740. The number of methoxy groups -OCH3 is 2. The van der Waals surface area contributed by atoms with E-state index in [-0.39, 0.29) is 0 Å². The molecule has 0 bridgehead atoms. The van der Waals surface area contributed by atoms with Crippen molar-refractivity contribution in [3.8, 4) is 11.5 Å². The summed E-state index contributed by atoms with van der Waals surface area (Å²) in [6.07, 6.45) is 2.00. The highest BCUT2D eigenvalue weighted by Crippen LogP contribution is 2.28. The SMILES string of the molecule is COCCCCOc1ccc(CBr)cc1OC. The fourth-order valence-electron chi connectivity index (χ4n) is 1.44. The Kier molecular flexibility index (Phi) is 7.05. The summed E-state index contributed by atoms with van der Waals surface area (Å²) in [4.78, 5) is 0. The first-order valence-electron chi connectivity index (χ1n) is 5.66. The van der Waals surface area contributed by atoms with Gasteiger partial charge in [0.2, 0.25) is 0 Å². The Morgan fingerprint density at radius 1 is 1.06 bits per heavy atom. The molecule has 0 spiro atoms. The van der Waals surface area contributed by atoms with Crippen molar-refractivity contribution in [1.82, 2.24) is 0 Å². The van der Waals surface area contributed by atoms with Crippen LogP contribution >= 0.6 is 15.9 Å². The van der Waals surface area contributed by atoms with Crippen molar-refractivity contribution >= 4 is 15.9 Å². The molecule has 17 heavy (non-hydrogen) atoms. The van der Waals surface area contributed by atoms with Crippen LogP contribution in [0.4, 0.5) is 0 Å². The number of ether oxygens (including phenoxy) is 3. The van der Waals surface area contributed by atoms with Crippen LogP contribution in [0.1, 0.15) is 18.4 Å². The molecule has 0 saturated carbocycles. The molecule has 0 atom stereocenters. The van der Waals surface area contributed by atoms with Crippen LogP contribution in [0.3, 0.4) is 0 Å². The van der Waals surface area contributed by atoms with Crippen LogP contribution in [-0.4, -0.2) is 27.4 Å². The van der Waals surface area contributed by atoms with Crippen LogP contribution in [0.2, 0.25) is 0 Å². The summed E-state index contributed by atoms with van der Waals surface area (Å²) in [7, 11) is 3.37. The Labute approximate surface area is 111 Å². The number of halogens is 1. The highest BCUT2D eigenvalue weighted by atomic mass is 79.9. The zero-order valence-corrected chi connectivity index (χ0v) is 12.0. The first kappa shape index (κ1) is 14.3. The van der Waals surface area contributed by atoms with E-state index in [9.17, 15) is 0 Å². The van der Waals surface area contributed by atoms with Gasteiger partial charge >= 0.3 is 0 Å². The molecule has 0 aliphatic carbocycles. The predicted octanol–water partition coefficient (Wildman–Crippen LogP) is 3.40. The Morgan fingerprint density at radius 2 is 1.82 bits per heavy atom. The van der Waals surface area contributed by atoms with Gasteiger partial charge in [0.15, 0.2) is 11.5 Å². The summed E-state index contributed by atoms with van der Waals surface area (Å²) in [6.45, 7) is 1.47. The number of hydrogen-bond donors (Lipinski definition) is 0. The molecular formula is C13H19BrO3. The lowest BCUT2D eigenvalue weighted by Crippen LogP contribution is -2.01. The molecule has 0 heterocycles. The van der Waals surface area contributed by atoms with Crippen LogP contribution in [0.15, 0.2) is 18.2 Å². The molecule has 1 aromatic rings. The normalized spacial score (nSPS) is 10.3. The summed E-state index contributed by atoms with van der Waals surface area (Å²) in [5.74, 6) is 1.59. The van der Waals surface area contributed by atoms with Crippen molar-refractivity contribution in [1.29, 1.82) is 0 Å². The summed E-state index contributed by atoms with van der Waals surface area (Å²) in [5, 5.41) is 0.817. The van der Waals surface area contributed by atoms with Crippen molar-refractivity contribution < 1.29 is 14.2 Å². The maximum Gasteiger partial charge on any atom is 0.161 e. The minimum atomic E-state index is 0.688. The second kappa shape index (κ2) is 8.37. The van der Waals surface area contributed by atoms with Crippen LogP contribution in [0.5, 0.6) is 11.5 Å². The number of unbranched alkanes of at least 4 members (excludes halogenated alkanes) is 1. The van der Waals surface area contributed by atoms with E-state index in [4.69, 9.17) is 14.2 Å². The largest absolute Gasteiger partial charge is 0.493 e. The topological polar surface area (TPSA) is 27.7 Å². The van der Waals surface area contributed by atoms with Crippen molar-refractivity contribution in [2.45, 2.75) is 18.2 Å². The maximum atomic E-state index is 5.68. The second-order valence-electron chi connectivity index (χ2n) is 3.67. The maximum absolute atomic E-state index is 5.68. The van der Waals surface area contributed by atoms with Gasteiger partial charge in [-0.15, -0.1) is 0 Å². The van der Waals surface area contributed by atoms with E-state index in [1.807, 2.05) is 18.2 Å². The highest BCUT2D eigenvalue weighted by Gasteiger charge is 2.04. The molecule has 1 aromatic carbocycles. The zero-order chi connectivity index (χ0) is 12.5. The smallest absolute Gasteiger partial charge is 0.161 e. The van der Waals surface area contributed by atoms with Crippen LogP contribution in [0.25, 0.3) is 0 Å². The summed E-state index contributed by atoms with van der Waals surface area (Å²) in [5.41, 5.74) is 1.17. The van der Waals surface area contributed by atoms with Crippen molar-refractivity contribution in [3.05, 3.63) is 23.8 Å². The van der Waals surface area contributed by atoms with Gasteiger partial charge < -0.3 is 14.2 Å². The lowest BCUT2D eigenvalue weighted by molar-refractivity contribution is 0.183. The fraction of sp³-hybridized carbons (Fsp3) is 0.538. The van der Waals surface area contributed by atoms with E-state index >= 15 is 0 Å². The molecule has 1 rings (SSSR count). The van der Waals surface area contributed by atoms with Gasteiger partial charge in [-0.25, -0.2) is 0 Å². The fourth-order valence-corrected chi connectivity index (χ4v) is 1.79. The quantitative estimate of drug-likeness (QED) is 0.544. The zero-order valence-electron chi connectivity index (χ0n) is 10.4. The highest BCUT2D eigenvalue weighted by molar-refractivity contribution is 9.08. The molecule has 0 radical (unpaired) electrons. The van der Waals surface area contributed by atoms with Gasteiger partial charge in [-0.3, -0.25) is 0 Å². The molecule has 0 unspecified atom stereocenters. The molecule has 0 aliphatic rings. The van der Waals surface area contributed by atoms with E-state index in [0.717, 1.165) is 36.3 Å². The molecule has 3 nitrogen and oxygen atoms in total. The standard InChI is InChI=1S/C13H19BrO3/c1-15-7-3-4-8-17-12-6-5-11(10-14)9-13(12)16-2/h5-6,9H,3-4,7-8,10H2,1-2H3. The number of benzene rings is 1. The van der Waals surface area contributed by atoms with Gasteiger partial charge in [0.1, 0.15) is 0 Å². The molecule has 0 aliphatic heterocycles. The minimum absolute atomic E-state index is 0.688. The van der Waals surface area contributed by atoms with Crippen molar-refractivity contribution in [2.24, 2.45) is 0 Å². The van der Waals surface area contributed by atoms with Crippen LogP contribution < -0.4 is 9.47 Å². The van der Waals surface area contributed by atoms with Gasteiger partial charge in [0.05, 0.1) is 13.7 Å². The molecule has 0 amide bonds. The Bertz CT molecular complexity index is 328. The third kappa shape index (κ3) is 4.96. The first-order valence-corrected chi connectivity index (χ1v) is 6.78. The van der Waals surface area contributed by atoms with Gasteiger partial charge in [0.25, 0.3) is 0 Å². The van der Waals surface area contributed by atoms with E-state index in [1.54, 1.807) is 14.2 Å². The average molecular weight is 303 g/mol. The molecule has 4 heteroatoms. The van der Waals surface area contributed by atoms with Crippen LogP contribution in [-0.2, 0) is 10.1 Å². The van der Waals surface area contributed by atoms with Crippen molar-refractivity contribution in [2.75, 3.05) is 27.4 Å². The van der Waals surface area contributed by atoms with Gasteiger partial charge in [0, 0.05) is 19.0 Å². The van der Waals surface area contributed by atoms with E-state index in [1.165, 1.54) is 5.56 Å². The lowest BCUT2D eigenvalue weighted by atomic mass is 10.2. The Morgan fingerprint density at radius 3 is 2.47 bits per heavy atom. The van der Waals surface area contributed by atoms with Gasteiger partial charge in [-0.2, -0.15) is 0 Å². The number of alkyl halides is 1. The second-order valence-corrected chi connectivity index (χ2v) is 4.23. The third-order valence-corrected chi connectivity index (χ3v) is 3.03. The minimum Gasteiger partial charge on any atom is -0.493 e. The lowest BCUT2D eigenvalue weighted by Gasteiger charge is -2.11. The third-order valence-electron chi connectivity index (χ3n) is 2.38. The van der Waals surface area contributed by atoms with E-state index in [0.29, 0.717) is 6.61 Å². The molecule has 0 N–H and O–H groups in total. The molecule has 96 valence electrons. The molecular weight excluding hydrogens is 284 g/mol. The monoisotopic (exact) mass is 302 g/mol. The van der Waals surface area contributed by atoms with E-state index < -0.39 is 0 Å². The number of rotatable bonds is 8. The summed E-state index contributed by atoms with van der Waals surface area (Å²) >= 11 is 3.42. The summed E-state index contributed by atoms with van der Waals surface area (Å²) < 4.78 is 16.0. The van der Waals surface area contributed by atoms with Crippen molar-refractivity contribution in [3.63, 3.8) is 0 Å². The number of hydrogen-bond acceptors (Lipinski definition) is 3. The molecule has 0 aromatic heterocycles. The van der Waals surface area contributed by atoms with Gasteiger partial charge in [-0.05, 0) is 30.5 Å². The summed E-state index contributed by atoms with van der Waals surface area (Å²) in [6, 6.07) is 5.97. The van der Waals surface area contributed by atoms with Gasteiger partial charge in [-0.1, -0.05) is 22.0 Å². The Balaban J connectivity index is 2.46. The molecule has 0 fully saturated rings. The van der Waals surface area contributed by atoms with Crippen LogP contribution in [0, 0.1) is 0 Å². The first-order chi connectivity index (χ1) is 8.31. The molecule has 0 saturated heterocycles. The predicted molar refractivity (Wildman–Crippen MR) is 72.2 cm³/mol. The average Bonchev–Trinajstić information content (AvgIpc) is 2.38.